The van der Waals surface area contributed by atoms with Crippen molar-refractivity contribution in [2.24, 2.45) is 5.92 Å². The number of carbonyl (C=O) groups is 2. The molecular weight excluding hydrogens is 391 g/mol. The Bertz CT molecular complexity index is 1050. The maximum Gasteiger partial charge on any atom is 0.222 e. The summed E-state index contributed by atoms with van der Waals surface area (Å²) in [6.45, 7) is 1.07. The van der Waals surface area contributed by atoms with Crippen LogP contribution in [0.3, 0.4) is 0 Å². The Kier molecular flexibility index (Phi) is 6.51. The zero-order chi connectivity index (χ0) is 21.6. The van der Waals surface area contributed by atoms with E-state index < -0.39 is 5.82 Å². The SMILES string of the molecule is O=C(c1ccc(-c2ccccc2)c(F)c1)[C@@H]1CCCN(C(=O)CCc2ccncc2)C1. The van der Waals surface area contributed by atoms with Crippen LogP contribution in [-0.2, 0) is 11.2 Å². The molecule has 2 heterocycles. The van der Waals surface area contributed by atoms with E-state index in [1.54, 1.807) is 29.4 Å². The molecule has 4 rings (SSSR count). The number of nitrogens with zero attached hydrogens (tertiary/aromatic N) is 2. The molecule has 4 nitrogen and oxygen atoms in total. The molecule has 0 bridgehead atoms. The number of aromatic nitrogens is 1. The Morgan fingerprint density at radius 3 is 2.55 bits per heavy atom. The van der Waals surface area contributed by atoms with Gasteiger partial charge in [0.1, 0.15) is 5.82 Å². The molecule has 0 N–H and O–H groups in total. The van der Waals surface area contributed by atoms with Crippen LogP contribution in [0.1, 0.15) is 35.2 Å². The van der Waals surface area contributed by atoms with E-state index in [2.05, 4.69) is 4.98 Å². The molecule has 1 aliphatic heterocycles. The molecule has 0 aliphatic carbocycles. The highest BCUT2D eigenvalue weighted by Gasteiger charge is 2.29. The van der Waals surface area contributed by atoms with E-state index in [4.69, 9.17) is 0 Å². The predicted molar refractivity (Wildman–Crippen MR) is 118 cm³/mol. The van der Waals surface area contributed by atoms with Gasteiger partial charge in [0, 0.05) is 48.9 Å². The number of likely N-dealkylation sites (tertiary alicyclic amines) is 1. The lowest BCUT2D eigenvalue weighted by molar-refractivity contribution is -0.132. The summed E-state index contributed by atoms with van der Waals surface area (Å²) < 4.78 is 14.7. The maximum absolute atomic E-state index is 14.7. The van der Waals surface area contributed by atoms with Gasteiger partial charge in [-0.15, -0.1) is 0 Å². The van der Waals surface area contributed by atoms with Gasteiger partial charge in [-0.25, -0.2) is 4.39 Å². The third-order valence-electron chi connectivity index (χ3n) is 5.86. The van der Waals surface area contributed by atoms with E-state index in [0.717, 1.165) is 24.0 Å². The minimum atomic E-state index is -0.404. The molecule has 1 aromatic heterocycles. The molecule has 0 unspecified atom stereocenters. The molecule has 1 amide bonds. The fraction of sp³-hybridized carbons (Fsp3) is 0.269. The molecule has 0 spiro atoms. The fourth-order valence-electron chi connectivity index (χ4n) is 4.13. The fourth-order valence-corrected chi connectivity index (χ4v) is 4.13. The van der Waals surface area contributed by atoms with Gasteiger partial charge in [-0.1, -0.05) is 42.5 Å². The molecule has 1 fully saturated rings. The molecule has 0 saturated carbocycles. The van der Waals surface area contributed by atoms with Crippen LogP contribution >= 0.6 is 0 Å². The number of carbonyl (C=O) groups excluding carboxylic acids is 2. The number of amides is 1. The summed E-state index contributed by atoms with van der Waals surface area (Å²) in [5.74, 6) is -0.733. The topological polar surface area (TPSA) is 50.3 Å². The summed E-state index contributed by atoms with van der Waals surface area (Å²) >= 11 is 0. The van der Waals surface area contributed by atoms with Gasteiger partial charge >= 0.3 is 0 Å². The quantitative estimate of drug-likeness (QED) is 0.535. The van der Waals surface area contributed by atoms with Crippen molar-refractivity contribution >= 4 is 11.7 Å². The highest BCUT2D eigenvalue weighted by atomic mass is 19.1. The lowest BCUT2D eigenvalue weighted by Gasteiger charge is -2.32. The largest absolute Gasteiger partial charge is 0.342 e. The van der Waals surface area contributed by atoms with Crippen molar-refractivity contribution in [2.45, 2.75) is 25.7 Å². The van der Waals surface area contributed by atoms with Crippen LogP contribution in [0.15, 0.2) is 73.1 Å². The van der Waals surface area contributed by atoms with Crippen LogP contribution in [0.4, 0.5) is 4.39 Å². The molecule has 5 heteroatoms. The molecule has 1 saturated heterocycles. The Morgan fingerprint density at radius 1 is 1.03 bits per heavy atom. The van der Waals surface area contributed by atoms with E-state index in [1.807, 2.05) is 42.5 Å². The normalized spacial score (nSPS) is 16.2. The summed E-state index contributed by atoms with van der Waals surface area (Å²) in [7, 11) is 0. The standard InChI is InChI=1S/C26H25FN2O2/c27-24-17-21(9-10-23(24)20-5-2-1-3-6-20)26(31)22-7-4-16-29(18-22)25(30)11-8-19-12-14-28-15-13-19/h1-3,5-6,9-10,12-15,17,22H,4,7-8,11,16,18H2/t22-/m1/s1. The van der Waals surface area contributed by atoms with Gasteiger partial charge in [0.05, 0.1) is 0 Å². The summed E-state index contributed by atoms with van der Waals surface area (Å²) in [5.41, 5.74) is 2.70. The van der Waals surface area contributed by atoms with Crippen LogP contribution in [0.5, 0.6) is 0 Å². The molecule has 1 atom stereocenters. The third kappa shape index (κ3) is 5.05. The molecular formula is C26H25FN2O2. The molecule has 0 radical (unpaired) electrons. The number of piperidine rings is 1. The first kappa shape index (κ1) is 20.9. The molecule has 3 aromatic rings. The zero-order valence-corrected chi connectivity index (χ0v) is 17.3. The summed E-state index contributed by atoms with van der Waals surface area (Å²) in [5, 5.41) is 0. The van der Waals surface area contributed by atoms with E-state index in [-0.39, 0.29) is 17.6 Å². The minimum absolute atomic E-state index is 0.0555. The summed E-state index contributed by atoms with van der Waals surface area (Å²) in [6.07, 6.45) is 6.00. The van der Waals surface area contributed by atoms with E-state index in [0.29, 0.717) is 37.1 Å². The number of ketones is 1. The Labute approximate surface area is 181 Å². The first-order chi connectivity index (χ1) is 15.1. The second-order valence-electron chi connectivity index (χ2n) is 7.96. The number of halogens is 1. The van der Waals surface area contributed by atoms with Crippen molar-refractivity contribution in [1.29, 1.82) is 0 Å². The van der Waals surface area contributed by atoms with Gasteiger partial charge < -0.3 is 4.90 Å². The van der Waals surface area contributed by atoms with Gasteiger partial charge in [-0.05, 0) is 48.6 Å². The van der Waals surface area contributed by atoms with Gasteiger partial charge in [-0.3, -0.25) is 14.6 Å². The van der Waals surface area contributed by atoms with Crippen molar-refractivity contribution in [3.05, 3.63) is 90.0 Å². The first-order valence-electron chi connectivity index (χ1n) is 10.7. The Morgan fingerprint density at radius 2 is 1.81 bits per heavy atom. The van der Waals surface area contributed by atoms with Crippen LogP contribution in [-0.4, -0.2) is 34.7 Å². The first-order valence-corrected chi connectivity index (χ1v) is 10.7. The molecule has 31 heavy (non-hydrogen) atoms. The monoisotopic (exact) mass is 416 g/mol. The van der Waals surface area contributed by atoms with Crippen LogP contribution in [0.25, 0.3) is 11.1 Å². The number of pyridine rings is 1. The Balaban J connectivity index is 1.40. The van der Waals surface area contributed by atoms with Crippen LogP contribution in [0.2, 0.25) is 0 Å². The van der Waals surface area contributed by atoms with E-state index in [1.165, 1.54) is 6.07 Å². The summed E-state index contributed by atoms with van der Waals surface area (Å²) in [4.78, 5) is 31.5. The van der Waals surface area contributed by atoms with Crippen molar-refractivity contribution in [1.82, 2.24) is 9.88 Å². The number of benzene rings is 2. The number of hydrogen-bond acceptors (Lipinski definition) is 3. The van der Waals surface area contributed by atoms with Crippen LogP contribution < -0.4 is 0 Å². The minimum Gasteiger partial charge on any atom is -0.342 e. The predicted octanol–water partition coefficient (Wildman–Crippen LogP) is 4.94. The van der Waals surface area contributed by atoms with Gasteiger partial charge in [0.15, 0.2) is 5.78 Å². The maximum atomic E-state index is 14.7. The second-order valence-corrected chi connectivity index (χ2v) is 7.96. The Hall–Kier alpha value is -3.34. The second kappa shape index (κ2) is 9.65. The van der Waals surface area contributed by atoms with Crippen molar-refractivity contribution in [3.63, 3.8) is 0 Å². The van der Waals surface area contributed by atoms with Crippen LogP contribution in [0, 0.1) is 11.7 Å². The van der Waals surface area contributed by atoms with Gasteiger partial charge in [0.25, 0.3) is 0 Å². The van der Waals surface area contributed by atoms with E-state index >= 15 is 0 Å². The molecule has 1 aliphatic rings. The lowest BCUT2D eigenvalue weighted by Crippen LogP contribution is -2.42. The van der Waals surface area contributed by atoms with Gasteiger partial charge in [0.2, 0.25) is 5.91 Å². The summed E-state index contributed by atoms with van der Waals surface area (Å²) in [6, 6.07) is 17.8. The highest BCUT2D eigenvalue weighted by Crippen LogP contribution is 2.26. The molecule has 2 aromatic carbocycles. The van der Waals surface area contributed by atoms with Crippen molar-refractivity contribution in [3.8, 4) is 11.1 Å². The lowest BCUT2D eigenvalue weighted by atomic mass is 9.89. The smallest absolute Gasteiger partial charge is 0.222 e. The molecule has 158 valence electrons. The average Bonchev–Trinajstić information content (AvgIpc) is 2.83. The highest BCUT2D eigenvalue weighted by molar-refractivity contribution is 5.98. The zero-order valence-electron chi connectivity index (χ0n) is 17.3. The number of aryl methyl sites for hydroxylation is 1. The number of Topliss-reactive ketones (excluding diaryl/α,β-unsaturated/α-hetero) is 1. The van der Waals surface area contributed by atoms with Crippen molar-refractivity contribution in [2.75, 3.05) is 13.1 Å². The van der Waals surface area contributed by atoms with Crippen molar-refractivity contribution < 1.29 is 14.0 Å². The number of rotatable bonds is 6. The number of hydrogen-bond donors (Lipinski definition) is 0. The third-order valence-corrected chi connectivity index (χ3v) is 5.86. The van der Waals surface area contributed by atoms with Gasteiger partial charge in [-0.2, -0.15) is 0 Å². The average molecular weight is 416 g/mol. The van der Waals surface area contributed by atoms with E-state index in [9.17, 15) is 14.0 Å².